The predicted molar refractivity (Wildman–Crippen MR) is 89.3 cm³/mol. The van der Waals surface area contributed by atoms with Gasteiger partial charge < -0.3 is 15.1 Å². The number of furan rings is 1. The molecule has 1 aromatic heterocycles. The summed E-state index contributed by atoms with van der Waals surface area (Å²) in [5.41, 5.74) is 1.16. The standard InChI is InChI=1S/C18H22N2O3/c1-3-17(21)20-15-7-4-6-14(12-15)18(22)19-13(2)9-10-16-8-5-11-23-16/h4-8,11-13H,3,9-10H2,1-2H3,(H,19,22)(H,20,21)/t13-/m1/s1. The number of amides is 2. The Labute approximate surface area is 136 Å². The second kappa shape index (κ2) is 8.17. The number of carbonyl (C=O) groups is 2. The molecule has 0 radical (unpaired) electrons. The summed E-state index contributed by atoms with van der Waals surface area (Å²) in [5, 5.41) is 5.71. The maximum Gasteiger partial charge on any atom is 0.251 e. The van der Waals surface area contributed by atoms with Crippen molar-refractivity contribution in [2.45, 2.75) is 39.2 Å². The van der Waals surface area contributed by atoms with Crippen LogP contribution in [0.5, 0.6) is 0 Å². The average Bonchev–Trinajstić information content (AvgIpc) is 3.06. The van der Waals surface area contributed by atoms with Crippen LogP contribution in [0, 0.1) is 0 Å². The Hall–Kier alpha value is -2.56. The molecular weight excluding hydrogens is 292 g/mol. The summed E-state index contributed by atoms with van der Waals surface area (Å²) < 4.78 is 5.28. The van der Waals surface area contributed by atoms with E-state index in [4.69, 9.17) is 4.42 Å². The van der Waals surface area contributed by atoms with Crippen LogP contribution in [0.15, 0.2) is 47.1 Å². The van der Waals surface area contributed by atoms with Crippen LogP contribution >= 0.6 is 0 Å². The van der Waals surface area contributed by atoms with Crippen LogP contribution in [0.3, 0.4) is 0 Å². The Morgan fingerprint density at radius 1 is 1.22 bits per heavy atom. The van der Waals surface area contributed by atoms with E-state index in [1.807, 2.05) is 19.1 Å². The molecule has 2 N–H and O–H groups in total. The van der Waals surface area contributed by atoms with Gasteiger partial charge in [-0.2, -0.15) is 0 Å². The van der Waals surface area contributed by atoms with Crippen molar-refractivity contribution in [2.24, 2.45) is 0 Å². The molecule has 0 fully saturated rings. The highest BCUT2D eigenvalue weighted by molar-refractivity contribution is 5.97. The minimum Gasteiger partial charge on any atom is -0.469 e. The molecule has 2 amide bonds. The van der Waals surface area contributed by atoms with Gasteiger partial charge in [0.25, 0.3) is 5.91 Å². The number of aryl methyl sites for hydroxylation is 1. The number of carbonyl (C=O) groups excluding carboxylic acids is 2. The van der Waals surface area contributed by atoms with Crippen LogP contribution < -0.4 is 10.6 Å². The van der Waals surface area contributed by atoms with E-state index in [0.29, 0.717) is 17.7 Å². The summed E-state index contributed by atoms with van der Waals surface area (Å²) >= 11 is 0. The van der Waals surface area contributed by atoms with Crippen molar-refractivity contribution in [2.75, 3.05) is 5.32 Å². The highest BCUT2D eigenvalue weighted by Crippen LogP contribution is 2.12. The lowest BCUT2D eigenvalue weighted by molar-refractivity contribution is -0.115. The fraction of sp³-hybridized carbons (Fsp3) is 0.333. The molecule has 122 valence electrons. The first-order valence-corrected chi connectivity index (χ1v) is 7.81. The van der Waals surface area contributed by atoms with E-state index in [0.717, 1.165) is 18.6 Å². The summed E-state index contributed by atoms with van der Waals surface area (Å²) in [6.45, 7) is 3.75. The molecule has 1 atom stereocenters. The second-order valence-electron chi connectivity index (χ2n) is 5.48. The average molecular weight is 314 g/mol. The molecule has 0 aliphatic carbocycles. The number of hydrogen-bond acceptors (Lipinski definition) is 3. The van der Waals surface area contributed by atoms with Crippen LogP contribution in [-0.2, 0) is 11.2 Å². The number of nitrogens with one attached hydrogen (secondary N) is 2. The van der Waals surface area contributed by atoms with Crippen molar-refractivity contribution in [1.82, 2.24) is 5.32 Å². The number of benzene rings is 1. The maximum absolute atomic E-state index is 12.3. The van der Waals surface area contributed by atoms with Crippen LogP contribution in [0.25, 0.3) is 0 Å². The lowest BCUT2D eigenvalue weighted by atomic mass is 10.1. The quantitative estimate of drug-likeness (QED) is 0.823. The Bertz CT molecular complexity index is 650. The van der Waals surface area contributed by atoms with Crippen molar-refractivity contribution in [3.8, 4) is 0 Å². The maximum atomic E-state index is 12.3. The molecule has 0 spiro atoms. The first-order chi connectivity index (χ1) is 11.1. The van der Waals surface area contributed by atoms with Gasteiger partial charge in [-0.05, 0) is 43.7 Å². The molecule has 0 unspecified atom stereocenters. The fourth-order valence-electron chi connectivity index (χ4n) is 2.18. The first kappa shape index (κ1) is 16.8. The summed E-state index contributed by atoms with van der Waals surface area (Å²) in [4.78, 5) is 23.7. The molecule has 0 bridgehead atoms. The minimum atomic E-state index is -0.149. The van der Waals surface area contributed by atoms with Gasteiger partial charge >= 0.3 is 0 Å². The molecule has 1 aromatic carbocycles. The van der Waals surface area contributed by atoms with Crippen molar-refractivity contribution in [3.63, 3.8) is 0 Å². The Morgan fingerprint density at radius 2 is 2.04 bits per heavy atom. The minimum absolute atomic E-state index is 0.0292. The molecule has 1 heterocycles. The lowest BCUT2D eigenvalue weighted by Crippen LogP contribution is -2.32. The van der Waals surface area contributed by atoms with E-state index in [1.54, 1.807) is 37.5 Å². The van der Waals surface area contributed by atoms with Crippen molar-refractivity contribution < 1.29 is 14.0 Å². The second-order valence-corrected chi connectivity index (χ2v) is 5.48. The molecule has 0 aliphatic rings. The molecule has 0 saturated carbocycles. The van der Waals surface area contributed by atoms with Crippen molar-refractivity contribution in [3.05, 3.63) is 54.0 Å². The number of rotatable bonds is 7. The zero-order valence-electron chi connectivity index (χ0n) is 13.5. The van der Waals surface area contributed by atoms with Gasteiger partial charge in [0.1, 0.15) is 5.76 Å². The third kappa shape index (κ3) is 5.29. The molecule has 0 saturated heterocycles. The van der Waals surface area contributed by atoms with E-state index in [1.165, 1.54) is 0 Å². The number of anilines is 1. The largest absolute Gasteiger partial charge is 0.469 e. The van der Waals surface area contributed by atoms with E-state index in [2.05, 4.69) is 10.6 Å². The van der Waals surface area contributed by atoms with E-state index in [-0.39, 0.29) is 17.9 Å². The lowest BCUT2D eigenvalue weighted by Gasteiger charge is -2.14. The first-order valence-electron chi connectivity index (χ1n) is 7.81. The summed E-state index contributed by atoms with van der Waals surface area (Å²) in [6.07, 6.45) is 3.63. The molecule has 5 heteroatoms. The summed E-state index contributed by atoms with van der Waals surface area (Å²) in [7, 11) is 0. The molecular formula is C18H22N2O3. The van der Waals surface area contributed by atoms with Crippen molar-refractivity contribution >= 4 is 17.5 Å². The Morgan fingerprint density at radius 3 is 2.74 bits per heavy atom. The highest BCUT2D eigenvalue weighted by atomic mass is 16.3. The van der Waals surface area contributed by atoms with Gasteiger partial charge in [0.15, 0.2) is 0 Å². The van der Waals surface area contributed by atoms with Gasteiger partial charge in [-0.25, -0.2) is 0 Å². The van der Waals surface area contributed by atoms with E-state index in [9.17, 15) is 9.59 Å². The van der Waals surface area contributed by atoms with Crippen molar-refractivity contribution in [1.29, 1.82) is 0 Å². The normalized spacial score (nSPS) is 11.7. The van der Waals surface area contributed by atoms with Crippen LogP contribution in [0.1, 0.15) is 42.8 Å². The van der Waals surface area contributed by atoms with E-state index >= 15 is 0 Å². The van der Waals surface area contributed by atoms with Gasteiger partial charge in [0.05, 0.1) is 6.26 Å². The molecule has 2 aromatic rings. The van der Waals surface area contributed by atoms with Crippen LogP contribution in [-0.4, -0.2) is 17.9 Å². The third-order valence-corrected chi connectivity index (χ3v) is 3.51. The zero-order valence-corrected chi connectivity index (χ0v) is 13.5. The van der Waals surface area contributed by atoms with Crippen LogP contribution in [0.2, 0.25) is 0 Å². The number of hydrogen-bond donors (Lipinski definition) is 2. The topological polar surface area (TPSA) is 71.3 Å². The highest BCUT2D eigenvalue weighted by Gasteiger charge is 2.11. The van der Waals surface area contributed by atoms with Gasteiger partial charge in [-0.15, -0.1) is 0 Å². The predicted octanol–water partition coefficient (Wildman–Crippen LogP) is 3.38. The fourth-order valence-corrected chi connectivity index (χ4v) is 2.18. The Kier molecular flexibility index (Phi) is 5.97. The molecule has 0 aliphatic heterocycles. The molecule has 2 rings (SSSR count). The van der Waals surface area contributed by atoms with Gasteiger partial charge in [0.2, 0.25) is 5.91 Å². The zero-order chi connectivity index (χ0) is 16.7. The summed E-state index contributed by atoms with van der Waals surface area (Å²) in [5.74, 6) is 0.689. The van der Waals surface area contributed by atoms with Gasteiger partial charge in [-0.1, -0.05) is 13.0 Å². The Balaban J connectivity index is 1.89. The van der Waals surface area contributed by atoms with Gasteiger partial charge in [0, 0.05) is 30.1 Å². The monoisotopic (exact) mass is 314 g/mol. The summed E-state index contributed by atoms with van der Waals surface area (Å²) in [6, 6.07) is 10.8. The SMILES string of the molecule is CCC(=O)Nc1cccc(C(=O)N[C@H](C)CCc2ccco2)c1. The van der Waals surface area contributed by atoms with Gasteiger partial charge in [-0.3, -0.25) is 9.59 Å². The molecule has 23 heavy (non-hydrogen) atoms. The van der Waals surface area contributed by atoms with E-state index < -0.39 is 0 Å². The smallest absolute Gasteiger partial charge is 0.251 e. The third-order valence-electron chi connectivity index (χ3n) is 3.51. The molecule has 5 nitrogen and oxygen atoms in total. The van der Waals surface area contributed by atoms with Crippen LogP contribution in [0.4, 0.5) is 5.69 Å².